The summed E-state index contributed by atoms with van der Waals surface area (Å²) >= 11 is 5.89. The molecule has 22 heavy (non-hydrogen) atoms. The molecule has 0 N–H and O–H groups in total. The van der Waals surface area contributed by atoms with Crippen LogP contribution in [0.25, 0.3) is 17.2 Å². The van der Waals surface area contributed by atoms with E-state index in [2.05, 4.69) is 9.97 Å². The van der Waals surface area contributed by atoms with E-state index in [1.54, 1.807) is 35.2 Å². The summed E-state index contributed by atoms with van der Waals surface area (Å²) in [5.74, 6) is 1.30. The smallest absolute Gasteiger partial charge is 0.177 e. The summed E-state index contributed by atoms with van der Waals surface area (Å²) in [7, 11) is -3.26. The van der Waals surface area contributed by atoms with E-state index in [1.165, 1.54) is 12.3 Å². The average molecular weight is 334 g/mol. The van der Waals surface area contributed by atoms with Crippen LogP contribution in [-0.2, 0) is 9.84 Å². The second-order valence-corrected chi connectivity index (χ2v) is 7.20. The van der Waals surface area contributed by atoms with Crippen molar-refractivity contribution < 1.29 is 8.42 Å². The van der Waals surface area contributed by atoms with Gasteiger partial charge in [0.1, 0.15) is 11.6 Å². The lowest BCUT2D eigenvalue weighted by molar-refractivity contribution is 0.601. The summed E-state index contributed by atoms with van der Waals surface area (Å²) in [5, 5.41) is 0.650. The highest BCUT2D eigenvalue weighted by Crippen LogP contribution is 2.22. The molecule has 112 valence electrons. The Hall–Kier alpha value is -2.18. The molecule has 2 aromatic heterocycles. The molecule has 0 radical (unpaired) electrons. The van der Waals surface area contributed by atoms with Gasteiger partial charge in [-0.15, -0.1) is 0 Å². The molecule has 3 aromatic rings. The Balaban J connectivity index is 2.03. The molecule has 0 spiro atoms. The first-order valence-electron chi connectivity index (χ1n) is 6.41. The lowest BCUT2D eigenvalue weighted by atomic mass is 10.2. The Kier molecular flexibility index (Phi) is 3.72. The van der Waals surface area contributed by atoms with E-state index in [4.69, 9.17) is 11.6 Å². The van der Waals surface area contributed by atoms with Gasteiger partial charge in [0.25, 0.3) is 0 Å². The van der Waals surface area contributed by atoms with E-state index in [0.717, 1.165) is 11.8 Å². The fourth-order valence-corrected chi connectivity index (χ4v) is 2.72. The fourth-order valence-electron chi connectivity index (χ4n) is 2.04. The molecule has 0 aliphatic rings. The molecule has 0 atom stereocenters. The third-order valence-electron chi connectivity index (χ3n) is 3.14. The van der Waals surface area contributed by atoms with Gasteiger partial charge in [0.15, 0.2) is 9.84 Å². The zero-order valence-electron chi connectivity index (χ0n) is 11.6. The summed E-state index contributed by atoms with van der Waals surface area (Å²) in [6.07, 6.45) is 5.93. The molecular weight excluding hydrogens is 322 g/mol. The molecule has 0 saturated carbocycles. The van der Waals surface area contributed by atoms with Crippen LogP contribution in [0.4, 0.5) is 0 Å². The Morgan fingerprint density at radius 2 is 1.77 bits per heavy atom. The third kappa shape index (κ3) is 2.88. The Morgan fingerprint density at radius 3 is 2.36 bits per heavy atom. The molecule has 1 aromatic carbocycles. The van der Waals surface area contributed by atoms with Crippen LogP contribution in [0.1, 0.15) is 0 Å². The Morgan fingerprint density at radius 1 is 1.05 bits per heavy atom. The highest BCUT2D eigenvalue weighted by molar-refractivity contribution is 7.90. The van der Waals surface area contributed by atoms with Gasteiger partial charge in [0.05, 0.1) is 4.90 Å². The van der Waals surface area contributed by atoms with Crippen molar-refractivity contribution in [3.05, 3.63) is 60.0 Å². The van der Waals surface area contributed by atoms with Gasteiger partial charge in [-0.1, -0.05) is 11.6 Å². The van der Waals surface area contributed by atoms with E-state index < -0.39 is 9.84 Å². The highest BCUT2D eigenvalue weighted by atomic mass is 35.5. The third-order valence-corrected chi connectivity index (χ3v) is 4.49. The minimum atomic E-state index is -3.26. The van der Waals surface area contributed by atoms with Gasteiger partial charge in [-0.3, -0.25) is 4.57 Å². The molecular formula is C15H12ClN3O2S. The van der Waals surface area contributed by atoms with E-state index in [-0.39, 0.29) is 4.90 Å². The number of sulfone groups is 1. The monoisotopic (exact) mass is 333 g/mol. The van der Waals surface area contributed by atoms with Crippen molar-refractivity contribution in [3.63, 3.8) is 0 Å². The van der Waals surface area contributed by atoms with Gasteiger partial charge in [0.2, 0.25) is 0 Å². The van der Waals surface area contributed by atoms with Crippen LogP contribution in [0.2, 0.25) is 5.02 Å². The Labute approximate surface area is 133 Å². The van der Waals surface area contributed by atoms with Gasteiger partial charge >= 0.3 is 0 Å². The number of imidazole rings is 1. The van der Waals surface area contributed by atoms with Crippen LogP contribution >= 0.6 is 11.6 Å². The SMILES string of the molecule is CS(=O)(=O)c1ccc(-n2ccnc2-c2ccc(Cl)cc2)nc1. The molecule has 3 rings (SSSR count). The maximum absolute atomic E-state index is 11.5. The predicted octanol–water partition coefficient (Wildman–Crippen LogP) is 2.99. The maximum Gasteiger partial charge on any atom is 0.177 e. The first-order valence-corrected chi connectivity index (χ1v) is 8.68. The normalized spacial score (nSPS) is 11.5. The lowest BCUT2D eigenvalue weighted by Crippen LogP contribution is -2.02. The molecule has 0 saturated heterocycles. The zero-order valence-corrected chi connectivity index (χ0v) is 13.2. The first kappa shape index (κ1) is 14.7. The van der Waals surface area contributed by atoms with Gasteiger partial charge in [0, 0.05) is 35.4 Å². The highest BCUT2D eigenvalue weighted by Gasteiger charge is 2.11. The predicted molar refractivity (Wildman–Crippen MR) is 84.9 cm³/mol. The lowest BCUT2D eigenvalue weighted by Gasteiger charge is -2.08. The van der Waals surface area contributed by atoms with Gasteiger partial charge in [-0.2, -0.15) is 0 Å². The largest absolute Gasteiger partial charge is 0.284 e. The fraction of sp³-hybridized carbons (Fsp3) is 0.0667. The summed E-state index contributed by atoms with van der Waals surface area (Å²) in [6.45, 7) is 0. The number of aromatic nitrogens is 3. The minimum absolute atomic E-state index is 0.185. The number of halogens is 1. The molecule has 0 amide bonds. The minimum Gasteiger partial charge on any atom is -0.284 e. The van der Waals surface area contributed by atoms with Crippen molar-refractivity contribution in [1.29, 1.82) is 0 Å². The van der Waals surface area contributed by atoms with Gasteiger partial charge < -0.3 is 0 Å². The maximum atomic E-state index is 11.5. The summed E-state index contributed by atoms with van der Waals surface area (Å²) in [4.78, 5) is 8.72. The second kappa shape index (κ2) is 5.55. The molecule has 0 aliphatic carbocycles. The van der Waals surface area contributed by atoms with Crippen LogP contribution in [-0.4, -0.2) is 29.2 Å². The second-order valence-electron chi connectivity index (χ2n) is 4.75. The average Bonchev–Trinajstić information content (AvgIpc) is 2.97. The summed E-state index contributed by atoms with van der Waals surface area (Å²) < 4.78 is 24.7. The first-order chi connectivity index (χ1) is 10.4. The molecule has 7 heteroatoms. The molecule has 0 aliphatic heterocycles. The molecule has 0 bridgehead atoms. The van der Waals surface area contributed by atoms with E-state index >= 15 is 0 Å². The number of nitrogens with zero attached hydrogens (tertiary/aromatic N) is 3. The zero-order chi connectivity index (χ0) is 15.7. The van der Waals surface area contributed by atoms with E-state index in [9.17, 15) is 8.42 Å². The number of pyridine rings is 1. The van der Waals surface area contributed by atoms with Crippen molar-refractivity contribution in [2.75, 3.05) is 6.26 Å². The Bertz CT molecular complexity index is 901. The standard InChI is InChI=1S/C15H12ClN3O2S/c1-22(20,21)13-6-7-14(18-10-13)19-9-8-17-15(19)11-2-4-12(16)5-3-11/h2-10H,1H3. The van der Waals surface area contributed by atoms with Crippen molar-refractivity contribution in [2.45, 2.75) is 4.90 Å². The molecule has 2 heterocycles. The topological polar surface area (TPSA) is 64.8 Å². The summed E-state index contributed by atoms with van der Waals surface area (Å²) in [5.41, 5.74) is 0.892. The number of hydrogen-bond acceptors (Lipinski definition) is 4. The molecule has 0 fully saturated rings. The van der Waals surface area contributed by atoms with E-state index in [0.29, 0.717) is 16.7 Å². The molecule has 5 nitrogen and oxygen atoms in total. The van der Waals surface area contributed by atoms with Gasteiger partial charge in [-0.25, -0.2) is 18.4 Å². The van der Waals surface area contributed by atoms with Crippen LogP contribution in [0, 0.1) is 0 Å². The number of benzene rings is 1. The van der Waals surface area contributed by atoms with Crippen LogP contribution in [0.5, 0.6) is 0 Å². The van der Waals surface area contributed by atoms with Gasteiger partial charge in [-0.05, 0) is 36.4 Å². The molecule has 0 unspecified atom stereocenters. The quantitative estimate of drug-likeness (QED) is 0.739. The summed E-state index contributed by atoms with van der Waals surface area (Å²) in [6, 6.07) is 10.5. The van der Waals surface area contributed by atoms with Crippen LogP contribution in [0.15, 0.2) is 59.9 Å². The van der Waals surface area contributed by atoms with Crippen molar-refractivity contribution in [1.82, 2.24) is 14.5 Å². The number of rotatable bonds is 3. The van der Waals surface area contributed by atoms with Crippen LogP contribution in [0.3, 0.4) is 0 Å². The number of hydrogen-bond donors (Lipinski definition) is 0. The van der Waals surface area contributed by atoms with Crippen LogP contribution < -0.4 is 0 Å². The van der Waals surface area contributed by atoms with Crippen molar-refractivity contribution in [3.8, 4) is 17.2 Å². The van der Waals surface area contributed by atoms with Crippen molar-refractivity contribution in [2.24, 2.45) is 0 Å². The van der Waals surface area contributed by atoms with E-state index in [1.807, 2.05) is 12.1 Å². The van der Waals surface area contributed by atoms with Crippen molar-refractivity contribution >= 4 is 21.4 Å².